The molecule has 18 heavy (non-hydrogen) atoms. The van der Waals surface area contributed by atoms with E-state index in [0.29, 0.717) is 12.3 Å². The van der Waals surface area contributed by atoms with Crippen molar-refractivity contribution in [3.63, 3.8) is 0 Å². The predicted molar refractivity (Wildman–Crippen MR) is 70.9 cm³/mol. The largest absolute Gasteiger partial charge is 0.473 e. The maximum absolute atomic E-state index is 11.9. The number of para-hydroxylation sites is 1. The topological polar surface area (TPSA) is 46.4 Å². The first-order chi connectivity index (χ1) is 8.63. The molecule has 0 N–H and O–H groups in total. The van der Waals surface area contributed by atoms with Crippen LogP contribution >= 0.6 is 0 Å². The highest BCUT2D eigenvalue weighted by atomic mass is 32.2. The van der Waals surface area contributed by atoms with Crippen molar-refractivity contribution < 1.29 is 13.2 Å². The number of sulfonamides is 1. The molecule has 4 nitrogen and oxygen atoms in total. The summed E-state index contributed by atoms with van der Waals surface area (Å²) in [5.74, 6) is 0.948. The number of ether oxygens (including phenoxy) is 1. The molecule has 1 aromatic rings. The first kappa shape index (κ1) is 13.4. The highest BCUT2D eigenvalue weighted by Crippen LogP contribution is 2.26. The summed E-state index contributed by atoms with van der Waals surface area (Å²) in [5, 5.41) is 0. The smallest absolute Gasteiger partial charge is 0.217 e. The molecule has 1 aromatic carbocycles. The SMILES string of the molecule is CCCCCS(=O)(=O)N1CC1Oc1ccccc1. The molecule has 0 amide bonds. The van der Waals surface area contributed by atoms with Gasteiger partial charge < -0.3 is 4.74 Å². The highest BCUT2D eigenvalue weighted by molar-refractivity contribution is 7.89. The molecule has 0 bridgehead atoms. The van der Waals surface area contributed by atoms with Gasteiger partial charge in [0.15, 0.2) is 6.23 Å². The predicted octanol–water partition coefficient (Wildman–Crippen LogP) is 2.23. The maximum Gasteiger partial charge on any atom is 0.217 e. The lowest BCUT2D eigenvalue weighted by molar-refractivity contribution is 0.269. The second-order valence-corrected chi connectivity index (χ2v) is 6.52. The molecule has 2 unspecified atom stereocenters. The van der Waals surface area contributed by atoms with Crippen molar-refractivity contribution in [2.75, 3.05) is 12.3 Å². The number of rotatable bonds is 7. The standard InChI is InChI=1S/C13H19NO3S/c1-2-3-7-10-18(15,16)14-11-13(14)17-12-8-5-4-6-9-12/h4-6,8-9,13H,2-3,7,10-11H2,1H3. The van der Waals surface area contributed by atoms with E-state index >= 15 is 0 Å². The molecule has 1 heterocycles. The molecule has 100 valence electrons. The minimum atomic E-state index is -3.12. The van der Waals surface area contributed by atoms with Gasteiger partial charge in [-0.15, -0.1) is 0 Å². The number of benzene rings is 1. The Morgan fingerprint density at radius 1 is 1.28 bits per heavy atom. The zero-order chi connectivity index (χ0) is 13.0. The number of unbranched alkanes of at least 4 members (excludes halogenated alkanes) is 2. The van der Waals surface area contributed by atoms with Crippen LogP contribution in [-0.4, -0.2) is 31.2 Å². The van der Waals surface area contributed by atoms with Gasteiger partial charge in [0.1, 0.15) is 5.75 Å². The Balaban J connectivity index is 1.83. The van der Waals surface area contributed by atoms with E-state index in [0.717, 1.165) is 19.3 Å². The molecular weight excluding hydrogens is 250 g/mol. The highest BCUT2D eigenvalue weighted by Gasteiger charge is 2.45. The molecule has 0 saturated carbocycles. The van der Waals surface area contributed by atoms with Crippen molar-refractivity contribution in [3.05, 3.63) is 30.3 Å². The van der Waals surface area contributed by atoms with E-state index in [1.807, 2.05) is 30.3 Å². The third kappa shape index (κ3) is 3.46. The van der Waals surface area contributed by atoms with Gasteiger partial charge in [0, 0.05) is 0 Å². The number of hydrogen-bond acceptors (Lipinski definition) is 3. The lowest BCUT2D eigenvalue weighted by Crippen LogP contribution is -2.20. The van der Waals surface area contributed by atoms with Crippen LogP contribution < -0.4 is 4.74 Å². The summed E-state index contributed by atoms with van der Waals surface area (Å²) in [6, 6.07) is 9.31. The average Bonchev–Trinajstić information content (AvgIpc) is 3.11. The van der Waals surface area contributed by atoms with Crippen molar-refractivity contribution in [1.82, 2.24) is 4.31 Å². The van der Waals surface area contributed by atoms with E-state index in [1.54, 1.807) is 0 Å². The van der Waals surface area contributed by atoms with Crippen molar-refractivity contribution in [2.45, 2.75) is 32.4 Å². The van der Waals surface area contributed by atoms with Gasteiger partial charge in [-0.2, -0.15) is 4.31 Å². The second-order valence-electron chi connectivity index (χ2n) is 4.48. The summed E-state index contributed by atoms with van der Waals surface area (Å²) in [5.41, 5.74) is 0. The van der Waals surface area contributed by atoms with Gasteiger partial charge in [-0.05, 0) is 18.6 Å². The molecular formula is C13H19NO3S. The van der Waals surface area contributed by atoms with Crippen LogP contribution in [0, 0.1) is 0 Å². The number of hydrogen-bond donors (Lipinski definition) is 0. The molecule has 1 aliphatic rings. The van der Waals surface area contributed by atoms with Crippen LogP contribution in [-0.2, 0) is 10.0 Å². The molecule has 0 aromatic heterocycles. The van der Waals surface area contributed by atoms with Crippen LogP contribution in [0.1, 0.15) is 26.2 Å². The minimum Gasteiger partial charge on any atom is -0.473 e. The summed E-state index contributed by atoms with van der Waals surface area (Å²) in [6.45, 7) is 2.54. The molecule has 1 aliphatic heterocycles. The molecule has 0 radical (unpaired) electrons. The Hall–Kier alpha value is -1.07. The fourth-order valence-electron chi connectivity index (χ4n) is 1.80. The molecule has 5 heteroatoms. The Bertz CT molecular complexity index is 472. The van der Waals surface area contributed by atoms with Crippen molar-refractivity contribution in [3.8, 4) is 5.75 Å². The van der Waals surface area contributed by atoms with E-state index in [1.165, 1.54) is 4.31 Å². The Morgan fingerprint density at radius 2 is 2.00 bits per heavy atom. The van der Waals surface area contributed by atoms with Crippen LogP contribution in [0.25, 0.3) is 0 Å². The summed E-state index contributed by atoms with van der Waals surface area (Å²) >= 11 is 0. The van der Waals surface area contributed by atoms with Crippen molar-refractivity contribution in [2.24, 2.45) is 0 Å². The van der Waals surface area contributed by atoms with E-state index in [-0.39, 0.29) is 12.0 Å². The van der Waals surface area contributed by atoms with Gasteiger partial charge in [-0.1, -0.05) is 38.0 Å². The zero-order valence-corrected chi connectivity index (χ0v) is 11.4. The van der Waals surface area contributed by atoms with Gasteiger partial charge >= 0.3 is 0 Å². The molecule has 0 aliphatic carbocycles. The summed E-state index contributed by atoms with van der Waals surface area (Å²) in [4.78, 5) is 0. The number of nitrogens with zero attached hydrogens (tertiary/aromatic N) is 1. The van der Waals surface area contributed by atoms with E-state index in [4.69, 9.17) is 4.74 Å². The third-order valence-corrected chi connectivity index (χ3v) is 4.81. The molecule has 2 atom stereocenters. The van der Waals surface area contributed by atoms with E-state index < -0.39 is 10.0 Å². The Labute approximate surface area is 109 Å². The lowest BCUT2D eigenvalue weighted by Gasteiger charge is -2.07. The quantitative estimate of drug-likeness (QED) is 0.563. The first-order valence-electron chi connectivity index (χ1n) is 6.34. The van der Waals surface area contributed by atoms with Crippen LogP contribution in [0.4, 0.5) is 0 Å². The molecule has 2 rings (SSSR count). The zero-order valence-electron chi connectivity index (χ0n) is 10.6. The van der Waals surface area contributed by atoms with Crippen LogP contribution in [0.2, 0.25) is 0 Å². The van der Waals surface area contributed by atoms with E-state index in [9.17, 15) is 8.42 Å². The first-order valence-corrected chi connectivity index (χ1v) is 7.95. The fourth-order valence-corrected chi connectivity index (χ4v) is 3.36. The van der Waals surface area contributed by atoms with Crippen LogP contribution in [0.3, 0.4) is 0 Å². The van der Waals surface area contributed by atoms with Gasteiger partial charge in [-0.3, -0.25) is 0 Å². The van der Waals surface area contributed by atoms with Crippen molar-refractivity contribution in [1.29, 1.82) is 0 Å². The van der Waals surface area contributed by atoms with Gasteiger partial charge in [0.05, 0.1) is 12.3 Å². The summed E-state index contributed by atoms with van der Waals surface area (Å²) < 4.78 is 30.8. The maximum atomic E-state index is 11.9. The van der Waals surface area contributed by atoms with Gasteiger partial charge in [0.2, 0.25) is 10.0 Å². The van der Waals surface area contributed by atoms with Crippen LogP contribution in [0.5, 0.6) is 5.75 Å². The summed E-state index contributed by atoms with van der Waals surface area (Å²) in [6.07, 6.45) is 2.41. The Kier molecular flexibility index (Phi) is 4.24. The Morgan fingerprint density at radius 3 is 2.67 bits per heavy atom. The normalized spacial score (nSPS) is 22.7. The van der Waals surface area contributed by atoms with E-state index in [2.05, 4.69) is 6.92 Å². The lowest BCUT2D eigenvalue weighted by atomic mass is 10.3. The van der Waals surface area contributed by atoms with Gasteiger partial charge in [0.25, 0.3) is 0 Å². The molecule has 0 spiro atoms. The average molecular weight is 269 g/mol. The minimum absolute atomic E-state index is 0.232. The fraction of sp³-hybridized carbons (Fsp3) is 0.538. The van der Waals surface area contributed by atoms with Crippen molar-refractivity contribution >= 4 is 10.0 Å². The third-order valence-electron chi connectivity index (χ3n) is 2.90. The monoisotopic (exact) mass is 269 g/mol. The van der Waals surface area contributed by atoms with Gasteiger partial charge in [-0.25, -0.2) is 8.42 Å². The van der Waals surface area contributed by atoms with Crippen LogP contribution in [0.15, 0.2) is 30.3 Å². The molecule has 1 fully saturated rings. The molecule has 1 saturated heterocycles. The second kappa shape index (κ2) is 5.71. The summed E-state index contributed by atoms with van der Waals surface area (Å²) in [7, 11) is -3.12.